The number of anilines is 2. The van der Waals surface area contributed by atoms with Crippen LogP contribution in [0.2, 0.25) is 0 Å². The largest absolute Gasteiger partial charge is 0.369 e. The van der Waals surface area contributed by atoms with Gasteiger partial charge in [-0.3, -0.25) is 0 Å². The molecule has 1 aromatic rings. The number of likely N-dealkylation sites (N-methyl/N-ethyl adjacent to an activating group) is 1. The molecule has 5 nitrogen and oxygen atoms in total. The highest BCUT2D eigenvalue weighted by molar-refractivity contribution is 5.47. The minimum atomic E-state index is 0.702. The van der Waals surface area contributed by atoms with Gasteiger partial charge in [0.2, 0.25) is 0 Å². The van der Waals surface area contributed by atoms with Crippen LogP contribution in [0.4, 0.5) is 11.6 Å². The summed E-state index contributed by atoms with van der Waals surface area (Å²) in [5.41, 5.74) is 0. The maximum absolute atomic E-state index is 4.33. The van der Waals surface area contributed by atoms with Crippen LogP contribution in [0, 0.1) is 6.92 Å². The predicted octanol–water partition coefficient (Wildman–Crippen LogP) is 1.36. The van der Waals surface area contributed by atoms with Crippen molar-refractivity contribution in [3.05, 3.63) is 24.5 Å². The summed E-state index contributed by atoms with van der Waals surface area (Å²) in [5, 5.41) is 6.43. The molecule has 0 aliphatic rings. The van der Waals surface area contributed by atoms with E-state index in [4.69, 9.17) is 0 Å². The zero-order valence-corrected chi connectivity index (χ0v) is 10.8. The Kier molecular flexibility index (Phi) is 5.42. The Balaban J connectivity index is 2.58. The highest BCUT2D eigenvalue weighted by atomic mass is 15.1. The van der Waals surface area contributed by atoms with Crippen LogP contribution in [0.15, 0.2) is 18.7 Å². The van der Waals surface area contributed by atoms with E-state index in [0.29, 0.717) is 6.54 Å². The van der Waals surface area contributed by atoms with Gasteiger partial charge in [-0.25, -0.2) is 9.97 Å². The average molecular weight is 235 g/mol. The summed E-state index contributed by atoms with van der Waals surface area (Å²) in [6, 6.07) is 1.91. The molecule has 94 valence electrons. The first-order chi connectivity index (χ1) is 8.11. The van der Waals surface area contributed by atoms with Crippen LogP contribution in [-0.2, 0) is 0 Å². The summed E-state index contributed by atoms with van der Waals surface area (Å²) in [7, 11) is 4.09. The third kappa shape index (κ3) is 5.31. The van der Waals surface area contributed by atoms with Crippen LogP contribution < -0.4 is 10.6 Å². The molecule has 0 bridgehead atoms. The lowest BCUT2D eigenvalue weighted by atomic mass is 10.4. The minimum Gasteiger partial charge on any atom is -0.369 e. The zero-order chi connectivity index (χ0) is 12.7. The predicted molar refractivity (Wildman–Crippen MR) is 72.5 cm³/mol. The Labute approximate surface area is 103 Å². The maximum atomic E-state index is 4.33. The van der Waals surface area contributed by atoms with Gasteiger partial charge in [0.1, 0.15) is 17.5 Å². The molecule has 1 rings (SSSR count). The van der Waals surface area contributed by atoms with Crippen LogP contribution >= 0.6 is 0 Å². The molecule has 5 heteroatoms. The Hall–Kier alpha value is -1.62. The number of aryl methyl sites for hydroxylation is 1. The lowest BCUT2D eigenvalue weighted by Gasteiger charge is -2.12. The van der Waals surface area contributed by atoms with Gasteiger partial charge in [-0.2, -0.15) is 0 Å². The number of hydrogen-bond donors (Lipinski definition) is 2. The molecular weight excluding hydrogens is 214 g/mol. The van der Waals surface area contributed by atoms with Crippen molar-refractivity contribution in [3.8, 4) is 0 Å². The highest BCUT2D eigenvalue weighted by Gasteiger charge is 2.00. The van der Waals surface area contributed by atoms with Gasteiger partial charge in [0.05, 0.1) is 0 Å². The Morgan fingerprint density at radius 3 is 2.53 bits per heavy atom. The standard InChI is InChI=1S/C12H21N5/c1-5-6-13-11-9-12(16-10(2)15-11)14-7-8-17(3)4/h5,9H,1,6-8H2,2-4H3,(H2,13,14,15,16). The lowest BCUT2D eigenvalue weighted by molar-refractivity contribution is 0.425. The summed E-state index contributed by atoms with van der Waals surface area (Å²) in [6.07, 6.45) is 1.80. The molecule has 2 N–H and O–H groups in total. The first kappa shape index (κ1) is 13.4. The fourth-order valence-electron chi connectivity index (χ4n) is 1.33. The van der Waals surface area contributed by atoms with Gasteiger partial charge < -0.3 is 15.5 Å². The van der Waals surface area contributed by atoms with E-state index in [1.165, 1.54) is 0 Å². The van der Waals surface area contributed by atoms with E-state index in [1.807, 2.05) is 27.1 Å². The molecule has 17 heavy (non-hydrogen) atoms. The molecule has 0 aliphatic heterocycles. The number of nitrogens with one attached hydrogen (secondary N) is 2. The van der Waals surface area contributed by atoms with Crippen molar-refractivity contribution in [2.45, 2.75) is 6.92 Å². The van der Waals surface area contributed by atoms with Crippen molar-refractivity contribution in [1.29, 1.82) is 0 Å². The summed E-state index contributed by atoms with van der Waals surface area (Å²) in [5.74, 6) is 2.43. The fraction of sp³-hybridized carbons (Fsp3) is 0.500. The molecule has 1 heterocycles. The molecule has 0 saturated heterocycles. The van der Waals surface area contributed by atoms with Crippen LogP contribution in [0.1, 0.15) is 5.82 Å². The summed E-state index contributed by atoms with van der Waals surface area (Å²) < 4.78 is 0. The van der Waals surface area contributed by atoms with Crippen LogP contribution in [0.3, 0.4) is 0 Å². The Bertz CT molecular complexity index is 362. The molecule has 0 amide bonds. The van der Waals surface area contributed by atoms with Gasteiger partial charge in [0, 0.05) is 25.7 Å². The van der Waals surface area contributed by atoms with E-state index in [2.05, 4.69) is 32.1 Å². The molecule has 0 atom stereocenters. The van der Waals surface area contributed by atoms with E-state index in [0.717, 1.165) is 30.5 Å². The van der Waals surface area contributed by atoms with Crippen molar-refractivity contribution in [2.24, 2.45) is 0 Å². The molecule has 0 spiro atoms. The van der Waals surface area contributed by atoms with Crippen molar-refractivity contribution in [1.82, 2.24) is 14.9 Å². The SMILES string of the molecule is C=CCNc1cc(NCCN(C)C)nc(C)n1. The molecule has 0 radical (unpaired) electrons. The smallest absolute Gasteiger partial charge is 0.132 e. The summed E-state index contributed by atoms with van der Waals surface area (Å²) in [6.45, 7) is 8.09. The second-order valence-electron chi connectivity index (χ2n) is 4.09. The van der Waals surface area contributed by atoms with Crippen molar-refractivity contribution >= 4 is 11.6 Å². The molecule has 0 aliphatic carbocycles. The van der Waals surface area contributed by atoms with Crippen LogP contribution in [0.25, 0.3) is 0 Å². The first-order valence-corrected chi connectivity index (χ1v) is 5.71. The summed E-state index contributed by atoms with van der Waals surface area (Å²) >= 11 is 0. The van der Waals surface area contributed by atoms with Gasteiger partial charge in [0.25, 0.3) is 0 Å². The minimum absolute atomic E-state index is 0.702. The van der Waals surface area contributed by atoms with Crippen molar-refractivity contribution < 1.29 is 0 Å². The van der Waals surface area contributed by atoms with Crippen molar-refractivity contribution in [2.75, 3.05) is 44.4 Å². The number of nitrogens with zero attached hydrogens (tertiary/aromatic N) is 3. The number of aromatic nitrogens is 2. The fourth-order valence-corrected chi connectivity index (χ4v) is 1.33. The van der Waals surface area contributed by atoms with Gasteiger partial charge in [-0.15, -0.1) is 6.58 Å². The van der Waals surface area contributed by atoms with E-state index >= 15 is 0 Å². The summed E-state index contributed by atoms with van der Waals surface area (Å²) in [4.78, 5) is 10.7. The Morgan fingerprint density at radius 1 is 1.29 bits per heavy atom. The number of hydrogen-bond acceptors (Lipinski definition) is 5. The topological polar surface area (TPSA) is 53.1 Å². The van der Waals surface area contributed by atoms with Gasteiger partial charge in [0.15, 0.2) is 0 Å². The van der Waals surface area contributed by atoms with Gasteiger partial charge in [-0.1, -0.05) is 6.08 Å². The van der Waals surface area contributed by atoms with E-state index in [-0.39, 0.29) is 0 Å². The van der Waals surface area contributed by atoms with Crippen molar-refractivity contribution in [3.63, 3.8) is 0 Å². The van der Waals surface area contributed by atoms with Gasteiger partial charge >= 0.3 is 0 Å². The van der Waals surface area contributed by atoms with Crippen LogP contribution in [-0.4, -0.2) is 48.6 Å². The monoisotopic (exact) mass is 235 g/mol. The van der Waals surface area contributed by atoms with Crippen LogP contribution in [0.5, 0.6) is 0 Å². The molecule has 0 unspecified atom stereocenters. The molecule has 0 fully saturated rings. The normalized spacial score (nSPS) is 10.4. The van der Waals surface area contributed by atoms with E-state index in [9.17, 15) is 0 Å². The lowest BCUT2D eigenvalue weighted by Crippen LogP contribution is -2.21. The third-order valence-corrected chi connectivity index (χ3v) is 2.13. The van der Waals surface area contributed by atoms with E-state index in [1.54, 1.807) is 6.08 Å². The third-order valence-electron chi connectivity index (χ3n) is 2.13. The first-order valence-electron chi connectivity index (χ1n) is 5.71. The zero-order valence-electron chi connectivity index (χ0n) is 10.8. The molecule has 0 aromatic carbocycles. The van der Waals surface area contributed by atoms with Gasteiger partial charge in [-0.05, 0) is 21.0 Å². The second kappa shape index (κ2) is 6.85. The Morgan fingerprint density at radius 2 is 1.94 bits per heavy atom. The molecule has 0 saturated carbocycles. The quantitative estimate of drug-likeness (QED) is 0.699. The average Bonchev–Trinajstić information content (AvgIpc) is 2.25. The van der Waals surface area contributed by atoms with E-state index < -0.39 is 0 Å². The molecular formula is C12H21N5. The number of rotatable bonds is 7. The highest BCUT2D eigenvalue weighted by Crippen LogP contribution is 2.10. The molecule has 1 aromatic heterocycles. The second-order valence-corrected chi connectivity index (χ2v) is 4.09. The maximum Gasteiger partial charge on any atom is 0.132 e.